The van der Waals surface area contributed by atoms with Gasteiger partial charge in [0, 0.05) is 18.7 Å². The average Bonchev–Trinajstić information content (AvgIpc) is 3.24. The summed E-state index contributed by atoms with van der Waals surface area (Å²) >= 11 is 6.21. The molecule has 1 fully saturated rings. The lowest BCUT2D eigenvalue weighted by atomic mass is 10.2. The topological polar surface area (TPSA) is 94.8 Å². The van der Waals surface area contributed by atoms with E-state index >= 15 is 0 Å². The molecule has 29 heavy (non-hydrogen) atoms. The summed E-state index contributed by atoms with van der Waals surface area (Å²) in [6.07, 6.45) is 0. The van der Waals surface area contributed by atoms with E-state index in [9.17, 15) is 8.42 Å². The fraction of sp³-hybridized carbons (Fsp3) is 0.263. The number of ether oxygens (including phenoxy) is 2. The zero-order chi connectivity index (χ0) is 20.4. The van der Waals surface area contributed by atoms with Crippen LogP contribution in [0.5, 0.6) is 5.75 Å². The first-order valence-electron chi connectivity index (χ1n) is 8.85. The molecule has 0 bridgehead atoms. The molecule has 1 saturated heterocycles. The van der Waals surface area contributed by atoms with Gasteiger partial charge in [-0.05, 0) is 30.3 Å². The summed E-state index contributed by atoms with van der Waals surface area (Å²) in [6, 6.07) is 11.9. The summed E-state index contributed by atoms with van der Waals surface area (Å²) in [7, 11) is -2.21. The van der Waals surface area contributed by atoms with Gasteiger partial charge in [-0.1, -0.05) is 23.7 Å². The standard InChI is InChI=1S/C19H18ClN3O5S/c1-26-16-5-3-2-4-14(16)19-22-21-18(28-19)13-6-7-15(20)17(12-13)29(24,25)23-8-10-27-11-9-23/h2-7,12H,8-11H2,1H3. The third kappa shape index (κ3) is 3.86. The summed E-state index contributed by atoms with van der Waals surface area (Å²) in [5.41, 5.74) is 1.10. The van der Waals surface area contributed by atoms with Crippen molar-refractivity contribution in [1.29, 1.82) is 0 Å². The smallest absolute Gasteiger partial charge is 0.251 e. The Labute approximate surface area is 173 Å². The normalized spacial score (nSPS) is 15.4. The zero-order valence-corrected chi connectivity index (χ0v) is 17.1. The highest BCUT2D eigenvalue weighted by Gasteiger charge is 2.29. The number of morpholine rings is 1. The molecular weight excluding hydrogens is 418 g/mol. The van der Waals surface area contributed by atoms with E-state index in [0.29, 0.717) is 30.1 Å². The number of hydrogen-bond acceptors (Lipinski definition) is 7. The van der Waals surface area contributed by atoms with Crippen LogP contribution in [-0.2, 0) is 14.8 Å². The second-order valence-electron chi connectivity index (χ2n) is 6.27. The fourth-order valence-electron chi connectivity index (χ4n) is 3.03. The molecule has 3 aromatic rings. The van der Waals surface area contributed by atoms with E-state index in [4.69, 9.17) is 25.5 Å². The van der Waals surface area contributed by atoms with Crippen LogP contribution in [0.15, 0.2) is 51.8 Å². The van der Waals surface area contributed by atoms with E-state index in [-0.39, 0.29) is 34.8 Å². The highest BCUT2D eigenvalue weighted by Crippen LogP contribution is 2.33. The van der Waals surface area contributed by atoms with Crippen LogP contribution in [0, 0.1) is 0 Å². The molecule has 0 aliphatic carbocycles. The zero-order valence-electron chi connectivity index (χ0n) is 15.5. The van der Waals surface area contributed by atoms with E-state index in [0.717, 1.165) is 0 Å². The minimum Gasteiger partial charge on any atom is -0.496 e. The van der Waals surface area contributed by atoms with Gasteiger partial charge in [-0.2, -0.15) is 4.31 Å². The van der Waals surface area contributed by atoms with Crippen molar-refractivity contribution in [2.24, 2.45) is 0 Å². The molecule has 1 aromatic heterocycles. The Morgan fingerprint density at radius 2 is 1.79 bits per heavy atom. The Morgan fingerprint density at radius 1 is 1.07 bits per heavy atom. The first-order chi connectivity index (χ1) is 14.0. The van der Waals surface area contributed by atoms with E-state index in [1.165, 1.54) is 16.4 Å². The van der Waals surface area contributed by atoms with Crippen LogP contribution in [0.1, 0.15) is 0 Å². The Bertz CT molecular complexity index is 1130. The van der Waals surface area contributed by atoms with E-state index < -0.39 is 10.0 Å². The molecule has 2 heterocycles. The molecular formula is C19H18ClN3O5S. The number of benzene rings is 2. The van der Waals surface area contributed by atoms with Gasteiger partial charge in [0.2, 0.25) is 15.9 Å². The van der Waals surface area contributed by atoms with Crippen molar-refractivity contribution in [2.75, 3.05) is 33.4 Å². The Hall–Kier alpha value is -2.46. The van der Waals surface area contributed by atoms with Gasteiger partial charge in [-0.25, -0.2) is 8.42 Å². The van der Waals surface area contributed by atoms with Crippen molar-refractivity contribution in [2.45, 2.75) is 4.90 Å². The molecule has 0 atom stereocenters. The second kappa shape index (κ2) is 8.11. The second-order valence-corrected chi connectivity index (χ2v) is 8.59. The lowest BCUT2D eigenvalue weighted by Gasteiger charge is -2.26. The molecule has 0 saturated carbocycles. The molecule has 0 amide bonds. The Morgan fingerprint density at radius 3 is 2.55 bits per heavy atom. The largest absolute Gasteiger partial charge is 0.496 e. The van der Waals surface area contributed by atoms with Crippen molar-refractivity contribution >= 4 is 21.6 Å². The van der Waals surface area contributed by atoms with Crippen molar-refractivity contribution < 1.29 is 22.3 Å². The van der Waals surface area contributed by atoms with Crippen molar-refractivity contribution in [3.63, 3.8) is 0 Å². The molecule has 152 valence electrons. The number of hydrogen-bond donors (Lipinski definition) is 0. The summed E-state index contributed by atoms with van der Waals surface area (Å²) in [6.45, 7) is 1.26. The average molecular weight is 436 g/mol. The van der Waals surface area contributed by atoms with Crippen molar-refractivity contribution in [3.8, 4) is 28.7 Å². The maximum atomic E-state index is 13.0. The Balaban J connectivity index is 1.71. The number of rotatable bonds is 5. The number of methoxy groups -OCH3 is 1. The molecule has 0 spiro atoms. The first-order valence-corrected chi connectivity index (χ1v) is 10.7. The van der Waals surface area contributed by atoms with Crippen LogP contribution in [-0.4, -0.2) is 56.3 Å². The van der Waals surface area contributed by atoms with Crippen LogP contribution in [0.25, 0.3) is 22.9 Å². The van der Waals surface area contributed by atoms with Gasteiger partial charge in [-0.3, -0.25) is 0 Å². The SMILES string of the molecule is COc1ccccc1-c1nnc(-c2ccc(Cl)c(S(=O)(=O)N3CCOCC3)c2)o1. The quantitative estimate of drug-likeness (QED) is 0.607. The first kappa shape index (κ1) is 19.8. The van der Waals surface area contributed by atoms with Gasteiger partial charge in [0.25, 0.3) is 5.89 Å². The molecule has 1 aliphatic rings. The van der Waals surface area contributed by atoms with Gasteiger partial charge in [0.15, 0.2) is 0 Å². The molecule has 0 unspecified atom stereocenters. The highest BCUT2D eigenvalue weighted by molar-refractivity contribution is 7.89. The Kier molecular flexibility index (Phi) is 5.55. The fourth-order valence-corrected chi connectivity index (χ4v) is 4.94. The molecule has 4 rings (SSSR count). The third-order valence-electron chi connectivity index (χ3n) is 4.53. The van der Waals surface area contributed by atoms with Crippen LogP contribution < -0.4 is 4.74 Å². The lowest BCUT2D eigenvalue weighted by Crippen LogP contribution is -2.40. The lowest BCUT2D eigenvalue weighted by molar-refractivity contribution is 0.0730. The minimum absolute atomic E-state index is 0.00407. The van der Waals surface area contributed by atoms with Gasteiger partial charge >= 0.3 is 0 Å². The molecule has 8 nitrogen and oxygen atoms in total. The number of halogens is 1. The number of sulfonamides is 1. The van der Waals surface area contributed by atoms with E-state index in [1.54, 1.807) is 25.3 Å². The molecule has 0 radical (unpaired) electrons. The molecule has 2 aromatic carbocycles. The summed E-state index contributed by atoms with van der Waals surface area (Å²) in [5.74, 6) is 1.04. The molecule has 0 N–H and O–H groups in total. The summed E-state index contributed by atoms with van der Waals surface area (Å²) in [4.78, 5) is -0.00407. The number of para-hydroxylation sites is 1. The minimum atomic E-state index is -3.77. The van der Waals surface area contributed by atoms with Crippen LogP contribution in [0.2, 0.25) is 5.02 Å². The van der Waals surface area contributed by atoms with Crippen molar-refractivity contribution in [1.82, 2.24) is 14.5 Å². The van der Waals surface area contributed by atoms with Gasteiger partial charge in [0.05, 0.1) is 30.9 Å². The number of aromatic nitrogens is 2. The van der Waals surface area contributed by atoms with Gasteiger partial charge in [0.1, 0.15) is 10.6 Å². The monoisotopic (exact) mass is 435 g/mol. The van der Waals surface area contributed by atoms with Gasteiger partial charge < -0.3 is 13.9 Å². The van der Waals surface area contributed by atoms with E-state index in [2.05, 4.69) is 10.2 Å². The predicted octanol–water partition coefficient (Wildman–Crippen LogP) is 3.09. The maximum Gasteiger partial charge on any atom is 0.251 e. The number of nitrogens with zero attached hydrogens (tertiary/aromatic N) is 3. The van der Waals surface area contributed by atoms with E-state index in [1.807, 2.05) is 12.1 Å². The van der Waals surface area contributed by atoms with Gasteiger partial charge in [-0.15, -0.1) is 10.2 Å². The third-order valence-corrected chi connectivity index (χ3v) is 6.91. The summed E-state index contributed by atoms with van der Waals surface area (Å²) in [5, 5.41) is 8.26. The van der Waals surface area contributed by atoms with Crippen LogP contribution >= 0.6 is 11.6 Å². The maximum absolute atomic E-state index is 13.0. The highest BCUT2D eigenvalue weighted by atomic mass is 35.5. The predicted molar refractivity (Wildman–Crippen MR) is 106 cm³/mol. The van der Waals surface area contributed by atoms with Crippen LogP contribution in [0.4, 0.5) is 0 Å². The molecule has 1 aliphatic heterocycles. The summed E-state index contributed by atoms with van der Waals surface area (Å²) < 4.78 is 43.7. The van der Waals surface area contributed by atoms with Crippen molar-refractivity contribution in [3.05, 3.63) is 47.5 Å². The molecule has 10 heteroatoms. The van der Waals surface area contributed by atoms with Crippen LogP contribution in [0.3, 0.4) is 0 Å².